The highest BCUT2D eigenvalue weighted by molar-refractivity contribution is 6.35. The van der Waals surface area contributed by atoms with Gasteiger partial charge in [0.2, 0.25) is 0 Å². The van der Waals surface area contributed by atoms with Crippen molar-refractivity contribution in [2.24, 2.45) is 0 Å². The minimum atomic E-state index is -0.424. The van der Waals surface area contributed by atoms with E-state index in [1.807, 2.05) is 12.1 Å². The van der Waals surface area contributed by atoms with Crippen molar-refractivity contribution < 1.29 is 14.0 Å². The fraction of sp³-hybridized carbons (Fsp3) is 0.182. The molecule has 0 saturated heterocycles. The number of halogens is 1. The third-order valence-corrected chi connectivity index (χ3v) is 2.61. The van der Waals surface area contributed by atoms with Crippen LogP contribution in [0.3, 0.4) is 0 Å². The SMILES string of the molecule is CONC(=O)c1oc2c(Cl)cccc2c1C. The number of benzene rings is 1. The number of amides is 1. The van der Waals surface area contributed by atoms with E-state index in [9.17, 15) is 4.79 Å². The molecule has 0 aliphatic heterocycles. The van der Waals surface area contributed by atoms with Crippen molar-refractivity contribution in [1.82, 2.24) is 5.48 Å². The van der Waals surface area contributed by atoms with E-state index in [2.05, 4.69) is 10.3 Å². The highest BCUT2D eigenvalue weighted by Gasteiger charge is 2.18. The van der Waals surface area contributed by atoms with E-state index in [1.165, 1.54) is 7.11 Å². The van der Waals surface area contributed by atoms with Gasteiger partial charge in [0.25, 0.3) is 0 Å². The molecule has 1 aromatic heterocycles. The van der Waals surface area contributed by atoms with Crippen LogP contribution in [0, 0.1) is 6.92 Å². The van der Waals surface area contributed by atoms with Crippen LogP contribution in [-0.4, -0.2) is 13.0 Å². The molecule has 0 atom stereocenters. The zero-order valence-corrected chi connectivity index (χ0v) is 9.59. The van der Waals surface area contributed by atoms with Crippen molar-refractivity contribution >= 4 is 28.5 Å². The van der Waals surface area contributed by atoms with Gasteiger partial charge in [0.1, 0.15) is 0 Å². The number of rotatable bonds is 2. The lowest BCUT2D eigenvalue weighted by Gasteiger charge is -1.98. The zero-order chi connectivity index (χ0) is 11.7. The summed E-state index contributed by atoms with van der Waals surface area (Å²) in [6.07, 6.45) is 0. The molecule has 1 aromatic carbocycles. The Kier molecular flexibility index (Phi) is 2.85. The molecule has 0 radical (unpaired) electrons. The number of furan rings is 1. The van der Waals surface area contributed by atoms with Gasteiger partial charge in [-0.15, -0.1) is 0 Å². The van der Waals surface area contributed by atoms with Gasteiger partial charge in [-0.1, -0.05) is 23.7 Å². The second-order valence-corrected chi connectivity index (χ2v) is 3.72. The fourth-order valence-electron chi connectivity index (χ4n) is 1.56. The van der Waals surface area contributed by atoms with Gasteiger partial charge < -0.3 is 4.42 Å². The Morgan fingerprint density at radius 3 is 2.88 bits per heavy atom. The molecule has 0 unspecified atom stereocenters. The van der Waals surface area contributed by atoms with Crippen LogP contribution >= 0.6 is 11.6 Å². The number of hydrogen-bond donors (Lipinski definition) is 1. The Morgan fingerprint density at radius 1 is 1.50 bits per heavy atom. The predicted molar refractivity (Wildman–Crippen MR) is 60.4 cm³/mol. The van der Waals surface area contributed by atoms with E-state index in [1.54, 1.807) is 13.0 Å². The Balaban J connectivity index is 2.60. The summed E-state index contributed by atoms with van der Waals surface area (Å²) in [5.41, 5.74) is 3.47. The summed E-state index contributed by atoms with van der Waals surface area (Å²) in [7, 11) is 1.36. The monoisotopic (exact) mass is 239 g/mol. The van der Waals surface area contributed by atoms with E-state index < -0.39 is 5.91 Å². The van der Waals surface area contributed by atoms with Crippen LogP contribution in [0.25, 0.3) is 11.0 Å². The minimum absolute atomic E-state index is 0.213. The molecule has 0 fully saturated rings. The third-order valence-electron chi connectivity index (χ3n) is 2.32. The third kappa shape index (κ3) is 1.66. The fourth-order valence-corrected chi connectivity index (χ4v) is 1.78. The highest BCUT2D eigenvalue weighted by Crippen LogP contribution is 2.30. The Labute approximate surface area is 97.1 Å². The molecule has 1 heterocycles. The molecule has 0 aliphatic rings. The highest BCUT2D eigenvalue weighted by atomic mass is 35.5. The number of carbonyl (C=O) groups excluding carboxylic acids is 1. The molecule has 4 nitrogen and oxygen atoms in total. The van der Waals surface area contributed by atoms with Crippen LogP contribution in [0.15, 0.2) is 22.6 Å². The van der Waals surface area contributed by atoms with E-state index in [0.29, 0.717) is 10.6 Å². The molecule has 2 aromatic rings. The number of hydrogen-bond acceptors (Lipinski definition) is 3. The first kappa shape index (κ1) is 11.0. The number of hydroxylamine groups is 1. The van der Waals surface area contributed by atoms with E-state index in [0.717, 1.165) is 10.9 Å². The topological polar surface area (TPSA) is 51.5 Å². The summed E-state index contributed by atoms with van der Waals surface area (Å²) in [6.45, 7) is 1.80. The van der Waals surface area contributed by atoms with E-state index >= 15 is 0 Å². The van der Waals surface area contributed by atoms with Crippen molar-refractivity contribution in [1.29, 1.82) is 0 Å². The van der Waals surface area contributed by atoms with Crippen LogP contribution < -0.4 is 5.48 Å². The second kappa shape index (κ2) is 4.15. The molecule has 0 bridgehead atoms. The zero-order valence-electron chi connectivity index (χ0n) is 8.83. The van der Waals surface area contributed by atoms with Crippen LogP contribution in [0.2, 0.25) is 5.02 Å². The van der Waals surface area contributed by atoms with Gasteiger partial charge in [-0.25, -0.2) is 5.48 Å². The molecule has 0 aliphatic carbocycles. The molecule has 0 saturated carbocycles. The first-order valence-electron chi connectivity index (χ1n) is 4.66. The van der Waals surface area contributed by atoms with Crippen LogP contribution in [0.1, 0.15) is 16.1 Å². The van der Waals surface area contributed by atoms with Crippen LogP contribution in [-0.2, 0) is 4.84 Å². The van der Waals surface area contributed by atoms with Crippen molar-refractivity contribution in [2.75, 3.05) is 7.11 Å². The van der Waals surface area contributed by atoms with Gasteiger partial charge in [-0.2, -0.15) is 0 Å². The van der Waals surface area contributed by atoms with Crippen molar-refractivity contribution in [3.05, 3.63) is 34.5 Å². The average molecular weight is 240 g/mol. The maximum absolute atomic E-state index is 11.6. The summed E-state index contributed by atoms with van der Waals surface area (Å²) >= 11 is 5.97. The van der Waals surface area contributed by atoms with Crippen LogP contribution in [0.4, 0.5) is 0 Å². The summed E-state index contributed by atoms with van der Waals surface area (Å²) in [5, 5.41) is 1.31. The van der Waals surface area contributed by atoms with Gasteiger partial charge in [-0.05, 0) is 13.0 Å². The quantitative estimate of drug-likeness (QED) is 0.820. The lowest BCUT2D eigenvalue weighted by atomic mass is 10.1. The standard InChI is InChI=1S/C11H10ClNO3/c1-6-7-4-3-5-8(12)10(7)16-9(6)11(14)13-15-2/h3-5H,1-2H3,(H,13,14). The first-order valence-corrected chi connectivity index (χ1v) is 5.04. The minimum Gasteiger partial charge on any atom is -0.449 e. The lowest BCUT2D eigenvalue weighted by molar-refractivity contribution is 0.0511. The van der Waals surface area contributed by atoms with Gasteiger partial charge in [0.05, 0.1) is 12.1 Å². The number of nitrogens with one attached hydrogen (secondary N) is 1. The molecule has 84 valence electrons. The largest absolute Gasteiger partial charge is 0.449 e. The number of para-hydroxylation sites is 1. The Morgan fingerprint density at radius 2 is 2.25 bits per heavy atom. The summed E-state index contributed by atoms with van der Waals surface area (Å²) in [5.74, 6) is -0.211. The van der Waals surface area contributed by atoms with Crippen molar-refractivity contribution in [3.8, 4) is 0 Å². The molecular weight excluding hydrogens is 230 g/mol. The Bertz CT molecular complexity index is 547. The van der Waals surface area contributed by atoms with E-state index in [4.69, 9.17) is 16.0 Å². The molecular formula is C11H10ClNO3. The molecule has 16 heavy (non-hydrogen) atoms. The predicted octanol–water partition coefficient (Wildman–Crippen LogP) is 2.69. The molecule has 1 N–H and O–H groups in total. The van der Waals surface area contributed by atoms with Crippen molar-refractivity contribution in [3.63, 3.8) is 0 Å². The van der Waals surface area contributed by atoms with Gasteiger partial charge >= 0.3 is 5.91 Å². The summed E-state index contributed by atoms with van der Waals surface area (Å²) < 4.78 is 5.42. The van der Waals surface area contributed by atoms with Gasteiger partial charge in [0, 0.05) is 10.9 Å². The maximum atomic E-state index is 11.6. The smallest absolute Gasteiger partial charge is 0.310 e. The summed E-state index contributed by atoms with van der Waals surface area (Å²) in [6, 6.07) is 5.37. The van der Waals surface area contributed by atoms with E-state index in [-0.39, 0.29) is 5.76 Å². The number of carbonyl (C=O) groups is 1. The maximum Gasteiger partial charge on any atom is 0.310 e. The molecule has 2 rings (SSSR count). The first-order chi connectivity index (χ1) is 7.65. The van der Waals surface area contributed by atoms with Gasteiger partial charge in [-0.3, -0.25) is 9.63 Å². The summed E-state index contributed by atoms with van der Waals surface area (Å²) in [4.78, 5) is 16.1. The van der Waals surface area contributed by atoms with Crippen molar-refractivity contribution in [2.45, 2.75) is 6.92 Å². The number of fused-ring (bicyclic) bond motifs is 1. The molecule has 5 heteroatoms. The molecule has 0 spiro atoms. The molecule has 1 amide bonds. The number of aryl methyl sites for hydroxylation is 1. The van der Waals surface area contributed by atoms with Crippen LogP contribution in [0.5, 0.6) is 0 Å². The average Bonchev–Trinajstić information content (AvgIpc) is 2.59. The normalized spacial score (nSPS) is 10.7. The Hall–Kier alpha value is -1.52. The van der Waals surface area contributed by atoms with Gasteiger partial charge in [0.15, 0.2) is 11.3 Å². The second-order valence-electron chi connectivity index (χ2n) is 3.31. The lowest BCUT2D eigenvalue weighted by Crippen LogP contribution is -2.21.